The Kier molecular flexibility index (Phi) is 4.12. The molecule has 0 radical (unpaired) electrons. The zero-order valence-electron chi connectivity index (χ0n) is 13.5. The molecule has 2 aromatic carbocycles. The zero-order chi connectivity index (χ0) is 17.2. The summed E-state index contributed by atoms with van der Waals surface area (Å²) in [5, 5.41) is 19.0. The van der Waals surface area contributed by atoms with Gasteiger partial charge in [-0.15, -0.1) is 15.0 Å². The van der Waals surface area contributed by atoms with E-state index < -0.39 is 0 Å². The van der Waals surface area contributed by atoms with Crippen molar-refractivity contribution in [2.75, 3.05) is 18.0 Å². The van der Waals surface area contributed by atoms with Crippen molar-refractivity contribution in [3.05, 3.63) is 70.9 Å². The summed E-state index contributed by atoms with van der Waals surface area (Å²) in [5.74, 6) is 1.10. The second-order valence-corrected chi connectivity index (χ2v) is 6.53. The molecular weight excluding hydrogens is 334 g/mol. The molecule has 0 N–H and O–H groups in total. The molecule has 1 aliphatic heterocycles. The highest BCUT2D eigenvalue weighted by atomic mass is 35.5. The summed E-state index contributed by atoms with van der Waals surface area (Å²) in [4.78, 5) is 3.65. The first kappa shape index (κ1) is 15.7. The fourth-order valence-electron chi connectivity index (χ4n) is 3.22. The maximum absolute atomic E-state index is 9.45. The smallest absolute Gasteiger partial charge is 0.207 e. The van der Waals surface area contributed by atoms with Crippen LogP contribution in [0, 0.1) is 11.3 Å². The highest BCUT2D eigenvalue weighted by Crippen LogP contribution is 2.31. The number of halogens is 1. The van der Waals surface area contributed by atoms with Crippen LogP contribution in [0.25, 0.3) is 5.69 Å². The number of anilines is 1. The fourth-order valence-corrected chi connectivity index (χ4v) is 3.35. The summed E-state index contributed by atoms with van der Waals surface area (Å²) in [6.45, 7) is 1.71. The second kappa shape index (κ2) is 6.58. The molecule has 4 rings (SSSR count). The van der Waals surface area contributed by atoms with E-state index in [4.69, 9.17) is 11.6 Å². The first-order chi connectivity index (χ1) is 12.2. The van der Waals surface area contributed by atoms with E-state index in [1.165, 1.54) is 10.4 Å². The largest absolute Gasteiger partial charge is 0.352 e. The monoisotopic (exact) mass is 349 g/mol. The lowest BCUT2D eigenvalue weighted by Gasteiger charge is -2.15. The van der Waals surface area contributed by atoms with Gasteiger partial charge in [-0.1, -0.05) is 41.9 Å². The predicted molar refractivity (Wildman–Crippen MR) is 97.1 cm³/mol. The lowest BCUT2D eigenvalue weighted by atomic mass is 9.99. The Labute approximate surface area is 151 Å². The minimum absolute atomic E-state index is 0.351. The molecular formula is C19H16ClN5. The van der Waals surface area contributed by atoms with Crippen molar-refractivity contribution in [2.24, 2.45) is 0 Å². The van der Waals surface area contributed by atoms with Crippen LogP contribution in [0.4, 0.5) is 5.82 Å². The number of nitrogens with zero attached hydrogens (tertiary/aromatic N) is 5. The highest BCUT2D eigenvalue weighted by Gasteiger charge is 2.28. The summed E-state index contributed by atoms with van der Waals surface area (Å²) < 4.78 is 0. The SMILES string of the molecule is N#Cc1nn(-c2ccc(Cl)cc2)nc1N1CCC(c2ccccc2)C1. The molecule has 1 saturated heterocycles. The molecule has 1 atom stereocenters. The molecule has 0 aliphatic carbocycles. The van der Waals surface area contributed by atoms with Crippen molar-refractivity contribution in [2.45, 2.75) is 12.3 Å². The van der Waals surface area contributed by atoms with Crippen molar-refractivity contribution in [3.8, 4) is 11.8 Å². The minimum Gasteiger partial charge on any atom is -0.352 e. The van der Waals surface area contributed by atoms with Gasteiger partial charge in [-0.05, 0) is 36.2 Å². The van der Waals surface area contributed by atoms with Gasteiger partial charge >= 0.3 is 0 Å². The Morgan fingerprint density at radius 1 is 1.04 bits per heavy atom. The quantitative estimate of drug-likeness (QED) is 0.722. The van der Waals surface area contributed by atoms with Crippen LogP contribution in [-0.2, 0) is 0 Å². The average molecular weight is 350 g/mol. The van der Waals surface area contributed by atoms with Crippen molar-refractivity contribution >= 4 is 17.4 Å². The van der Waals surface area contributed by atoms with Gasteiger partial charge in [0.05, 0.1) is 5.69 Å². The van der Waals surface area contributed by atoms with E-state index >= 15 is 0 Å². The van der Waals surface area contributed by atoms with E-state index in [1.807, 2.05) is 18.2 Å². The Morgan fingerprint density at radius 2 is 1.80 bits per heavy atom. The lowest BCUT2D eigenvalue weighted by molar-refractivity contribution is 0.741. The second-order valence-electron chi connectivity index (χ2n) is 6.09. The number of hydrogen-bond acceptors (Lipinski definition) is 4. The van der Waals surface area contributed by atoms with Crippen molar-refractivity contribution in [1.29, 1.82) is 5.26 Å². The van der Waals surface area contributed by atoms with Crippen LogP contribution in [0.3, 0.4) is 0 Å². The van der Waals surface area contributed by atoms with Gasteiger partial charge in [0.2, 0.25) is 5.69 Å². The number of rotatable bonds is 3. The minimum atomic E-state index is 0.351. The molecule has 0 bridgehead atoms. The molecule has 1 unspecified atom stereocenters. The normalized spacial score (nSPS) is 16.8. The zero-order valence-corrected chi connectivity index (χ0v) is 14.3. The van der Waals surface area contributed by atoms with Crippen LogP contribution < -0.4 is 4.90 Å². The first-order valence-corrected chi connectivity index (χ1v) is 8.55. The first-order valence-electron chi connectivity index (χ1n) is 8.18. The summed E-state index contributed by atoms with van der Waals surface area (Å²) >= 11 is 5.93. The van der Waals surface area contributed by atoms with Crippen LogP contribution in [0.15, 0.2) is 54.6 Å². The van der Waals surface area contributed by atoms with Crippen LogP contribution in [0.1, 0.15) is 23.6 Å². The standard InChI is InChI=1S/C19H16ClN5/c20-16-6-8-17(9-7-16)25-22-18(12-21)19(23-25)24-11-10-15(13-24)14-4-2-1-3-5-14/h1-9,15H,10-11,13H2. The Bertz CT molecular complexity index is 911. The Hall–Kier alpha value is -2.84. The molecule has 1 aliphatic rings. The van der Waals surface area contributed by atoms with E-state index in [1.54, 1.807) is 12.1 Å². The van der Waals surface area contributed by atoms with E-state index in [2.05, 4.69) is 45.4 Å². The fraction of sp³-hybridized carbons (Fsp3) is 0.211. The Morgan fingerprint density at radius 3 is 2.52 bits per heavy atom. The summed E-state index contributed by atoms with van der Waals surface area (Å²) in [6.07, 6.45) is 1.04. The molecule has 0 saturated carbocycles. The van der Waals surface area contributed by atoms with Crippen LogP contribution in [0.2, 0.25) is 5.02 Å². The molecule has 1 aromatic heterocycles. The molecule has 5 nitrogen and oxygen atoms in total. The van der Waals surface area contributed by atoms with E-state index in [-0.39, 0.29) is 0 Å². The van der Waals surface area contributed by atoms with E-state index in [0.717, 1.165) is 25.2 Å². The van der Waals surface area contributed by atoms with Crippen LogP contribution in [-0.4, -0.2) is 28.1 Å². The van der Waals surface area contributed by atoms with Gasteiger partial charge in [0.25, 0.3) is 0 Å². The highest BCUT2D eigenvalue weighted by molar-refractivity contribution is 6.30. The molecule has 124 valence electrons. The maximum Gasteiger partial charge on any atom is 0.207 e. The molecule has 2 heterocycles. The van der Waals surface area contributed by atoms with Crippen LogP contribution in [0.5, 0.6) is 0 Å². The van der Waals surface area contributed by atoms with Crippen molar-refractivity contribution < 1.29 is 0 Å². The summed E-state index contributed by atoms with van der Waals surface area (Å²) in [6, 6.07) is 19.9. The lowest BCUT2D eigenvalue weighted by Crippen LogP contribution is -2.20. The van der Waals surface area contributed by atoms with Crippen LogP contribution >= 0.6 is 11.6 Å². The van der Waals surface area contributed by atoms with Gasteiger partial charge in [0.15, 0.2) is 5.82 Å². The van der Waals surface area contributed by atoms with Gasteiger partial charge in [0, 0.05) is 24.0 Å². The third-order valence-electron chi connectivity index (χ3n) is 4.52. The third-order valence-corrected chi connectivity index (χ3v) is 4.77. The molecule has 3 aromatic rings. The van der Waals surface area contributed by atoms with Gasteiger partial charge < -0.3 is 4.90 Å². The van der Waals surface area contributed by atoms with Gasteiger partial charge in [-0.25, -0.2) is 0 Å². The van der Waals surface area contributed by atoms with E-state index in [9.17, 15) is 5.26 Å². The van der Waals surface area contributed by atoms with Gasteiger partial charge in [-0.3, -0.25) is 0 Å². The maximum atomic E-state index is 9.45. The van der Waals surface area contributed by atoms with Gasteiger partial charge in [0.1, 0.15) is 6.07 Å². The van der Waals surface area contributed by atoms with E-state index in [0.29, 0.717) is 22.5 Å². The molecule has 1 fully saturated rings. The summed E-state index contributed by atoms with van der Waals surface area (Å²) in [5.41, 5.74) is 2.46. The molecule has 0 amide bonds. The summed E-state index contributed by atoms with van der Waals surface area (Å²) in [7, 11) is 0. The predicted octanol–water partition coefficient (Wildman–Crippen LogP) is 3.79. The van der Waals surface area contributed by atoms with Gasteiger partial charge in [-0.2, -0.15) is 5.26 Å². The number of hydrogen-bond donors (Lipinski definition) is 0. The molecule has 6 heteroatoms. The van der Waals surface area contributed by atoms with Crippen molar-refractivity contribution in [3.63, 3.8) is 0 Å². The van der Waals surface area contributed by atoms with Crippen molar-refractivity contribution in [1.82, 2.24) is 15.0 Å². The number of benzene rings is 2. The molecule has 0 spiro atoms. The average Bonchev–Trinajstić information content (AvgIpc) is 3.30. The Balaban J connectivity index is 1.61. The molecule has 25 heavy (non-hydrogen) atoms. The third kappa shape index (κ3) is 3.09. The number of nitriles is 1. The number of aromatic nitrogens is 3. The topological polar surface area (TPSA) is 57.7 Å².